The number of hydrogen-bond donors (Lipinski definition) is 2. The van der Waals surface area contributed by atoms with Crippen LogP contribution in [0.25, 0.3) is 0 Å². The van der Waals surface area contributed by atoms with Crippen LogP contribution in [-0.2, 0) is 16.6 Å². The maximum Gasteiger partial charge on any atom is 0.250 e. The van der Waals surface area contributed by atoms with Gasteiger partial charge in [0, 0.05) is 6.20 Å². The molecule has 2 aromatic rings. The first-order chi connectivity index (χ1) is 8.12. The van der Waals surface area contributed by atoms with Crippen LogP contribution in [-0.4, -0.2) is 18.6 Å². The van der Waals surface area contributed by atoms with E-state index in [9.17, 15) is 8.42 Å². The number of sulfonamides is 1. The van der Waals surface area contributed by atoms with Crippen molar-refractivity contribution in [1.82, 2.24) is 14.9 Å². The Labute approximate surface area is 102 Å². The van der Waals surface area contributed by atoms with Crippen LogP contribution in [0.15, 0.2) is 28.6 Å². The summed E-state index contributed by atoms with van der Waals surface area (Å²) in [6, 6.07) is 6.47. The molecule has 0 aromatic carbocycles. The van der Waals surface area contributed by atoms with E-state index in [-0.39, 0.29) is 10.8 Å². The number of H-pyrrole nitrogens is 1. The van der Waals surface area contributed by atoms with E-state index in [0.717, 1.165) is 11.3 Å². The molecule has 0 bridgehead atoms. The molecule has 0 atom stereocenters. The molecule has 0 saturated heterocycles. The number of thiophene rings is 1. The highest BCUT2D eigenvalue weighted by Crippen LogP contribution is 2.20. The molecule has 0 aliphatic heterocycles. The molecule has 17 heavy (non-hydrogen) atoms. The van der Waals surface area contributed by atoms with Crippen molar-refractivity contribution in [3.63, 3.8) is 0 Å². The highest BCUT2D eigenvalue weighted by atomic mass is 32.2. The van der Waals surface area contributed by atoms with E-state index in [1.165, 1.54) is 12.1 Å². The van der Waals surface area contributed by atoms with Crippen molar-refractivity contribution < 1.29 is 8.42 Å². The summed E-state index contributed by atoms with van der Waals surface area (Å²) in [7, 11) is -3.56. The summed E-state index contributed by atoms with van der Waals surface area (Å²) < 4.78 is 26.2. The van der Waals surface area contributed by atoms with Crippen molar-refractivity contribution >= 4 is 21.4 Å². The van der Waals surface area contributed by atoms with Crippen molar-refractivity contribution in [2.24, 2.45) is 0 Å². The van der Waals surface area contributed by atoms with Gasteiger partial charge >= 0.3 is 0 Å². The number of rotatable bonds is 4. The molecule has 2 aromatic heterocycles. The molecule has 0 fully saturated rings. The van der Waals surface area contributed by atoms with Crippen molar-refractivity contribution in [3.8, 4) is 6.07 Å². The van der Waals surface area contributed by atoms with Crippen molar-refractivity contribution in [3.05, 3.63) is 35.0 Å². The van der Waals surface area contributed by atoms with Gasteiger partial charge in [-0.15, -0.1) is 11.3 Å². The topological polar surface area (TPSA) is 98.6 Å². The van der Waals surface area contributed by atoms with Gasteiger partial charge in [-0.2, -0.15) is 10.4 Å². The Morgan fingerprint density at radius 1 is 1.47 bits per heavy atom. The second-order valence-electron chi connectivity index (χ2n) is 3.14. The van der Waals surface area contributed by atoms with Crippen LogP contribution in [0.5, 0.6) is 0 Å². The molecule has 0 aliphatic rings. The van der Waals surface area contributed by atoms with Gasteiger partial charge in [-0.05, 0) is 18.2 Å². The predicted octanol–water partition coefficient (Wildman–Crippen LogP) is 0.821. The second kappa shape index (κ2) is 4.67. The molecule has 6 nitrogen and oxygen atoms in total. The molecule has 2 rings (SSSR count). The maximum atomic E-state index is 11.8. The SMILES string of the molecule is N#Cc1ccc(S(=O)(=O)NCc2ccn[nH]2)s1. The van der Waals surface area contributed by atoms with Gasteiger partial charge in [0.1, 0.15) is 15.2 Å². The first kappa shape index (κ1) is 11.8. The standard InChI is InChI=1S/C9H8N4O2S2/c10-5-8-1-2-9(16-8)17(14,15)12-6-7-3-4-11-13-7/h1-4,12H,6H2,(H,11,13). The smallest absolute Gasteiger partial charge is 0.250 e. The number of nitrogens with zero attached hydrogens (tertiary/aromatic N) is 2. The van der Waals surface area contributed by atoms with Gasteiger partial charge in [0.25, 0.3) is 0 Å². The Balaban J connectivity index is 2.11. The molecule has 0 amide bonds. The van der Waals surface area contributed by atoms with E-state index in [1.807, 2.05) is 6.07 Å². The number of nitrogens with one attached hydrogen (secondary N) is 2. The third-order valence-electron chi connectivity index (χ3n) is 1.97. The minimum atomic E-state index is -3.56. The summed E-state index contributed by atoms with van der Waals surface area (Å²) in [6.07, 6.45) is 1.54. The van der Waals surface area contributed by atoms with E-state index in [4.69, 9.17) is 5.26 Å². The van der Waals surface area contributed by atoms with Gasteiger partial charge in [-0.25, -0.2) is 13.1 Å². The van der Waals surface area contributed by atoms with Crippen LogP contribution in [0.1, 0.15) is 10.6 Å². The zero-order valence-corrected chi connectivity index (χ0v) is 10.2. The molecule has 2 heterocycles. The van der Waals surface area contributed by atoms with Crippen LogP contribution in [0.4, 0.5) is 0 Å². The fraction of sp³-hybridized carbons (Fsp3) is 0.111. The fourth-order valence-electron chi connectivity index (χ4n) is 1.15. The Morgan fingerprint density at radius 3 is 2.88 bits per heavy atom. The van der Waals surface area contributed by atoms with Crippen LogP contribution in [0.3, 0.4) is 0 Å². The van der Waals surface area contributed by atoms with Crippen molar-refractivity contribution in [2.45, 2.75) is 10.8 Å². The normalized spacial score (nSPS) is 11.2. The van der Waals surface area contributed by atoms with Gasteiger partial charge in [0.05, 0.1) is 12.2 Å². The van der Waals surface area contributed by atoms with Gasteiger partial charge < -0.3 is 0 Å². The minimum absolute atomic E-state index is 0.133. The average molecular weight is 268 g/mol. The summed E-state index contributed by atoms with van der Waals surface area (Å²) in [5.41, 5.74) is 0.672. The van der Waals surface area contributed by atoms with Gasteiger partial charge in [-0.3, -0.25) is 5.10 Å². The van der Waals surface area contributed by atoms with Crippen LogP contribution >= 0.6 is 11.3 Å². The van der Waals surface area contributed by atoms with E-state index >= 15 is 0 Å². The largest absolute Gasteiger partial charge is 0.281 e. The summed E-state index contributed by atoms with van der Waals surface area (Å²) in [5.74, 6) is 0. The summed E-state index contributed by atoms with van der Waals surface area (Å²) in [5, 5.41) is 15.0. The number of nitriles is 1. The number of aromatic amines is 1. The first-order valence-electron chi connectivity index (χ1n) is 4.60. The molecule has 8 heteroatoms. The Kier molecular flexibility index (Phi) is 3.23. The first-order valence-corrected chi connectivity index (χ1v) is 6.89. The number of aromatic nitrogens is 2. The molecular weight excluding hydrogens is 260 g/mol. The molecular formula is C9H8N4O2S2. The van der Waals surface area contributed by atoms with E-state index in [1.54, 1.807) is 12.3 Å². The molecule has 0 saturated carbocycles. The lowest BCUT2D eigenvalue weighted by molar-refractivity contribution is 0.582. The highest BCUT2D eigenvalue weighted by Gasteiger charge is 2.16. The van der Waals surface area contributed by atoms with Crippen molar-refractivity contribution in [1.29, 1.82) is 5.26 Å². The number of hydrogen-bond acceptors (Lipinski definition) is 5. The van der Waals surface area contributed by atoms with Crippen LogP contribution < -0.4 is 4.72 Å². The lowest BCUT2D eigenvalue weighted by atomic mass is 10.4. The molecule has 0 unspecified atom stereocenters. The highest BCUT2D eigenvalue weighted by molar-refractivity contribution is 7.91. The lowest BCUT2D eigenvalue weighted by Gasteiger charge is -2.02. The summed E-state index contributed by atoms with van der Waals surface area (Å²) in [4.78, 5) is 0.368. The predicted molar refractivity (Wildman–Crippen MR) is 61.6 cm³/mol. The third kappa shape index (κ3) is 2.71. The van der Waals surface area contributed by atoms with E-state index < -0.39 is 10.0 Å². The third-order valence-corrected chi connectivity index (χ3v) is 4.85. The Bertz CT molecular complexity index is 637. The van der Waals surface area contributed by atoms with Crippen LogP contribution in [0, 0.1) is 11.3 Å². The second-order valence-corrected chi connectivity index (χ2v) is 6.21. The minimum Gasteiger partial charge on any atom is -0.281 e. The maximum absolute atomic E-state index is 11.8. The molecule has 2 N–H and O–H groups in total. The van der Waals surface area contributed by atoms with E-state index in [0.29, 0.717) is 10.6 Å². The monoisotopic (exact) mass is 268 g/mol. The quantitative estimate of drug-likeness (QED) is 0.857. The molecule has 0 radical (unpaired) electrons. The van der Waals surface area contributed by atoms with E-state index in [2.05, 4.69) is 14.9 Å². The molecule has 0 aliphatic carbocycles. The average Bonchev–Trinajstić information content (AvgIpc) is 2.98. The summed E-state index contributed by atoms with van der Waals surface area (Å²) in [6.45, 7) is 0.141. The molecule has 88 valence electrons. The zero-order valence-electron chi connectivity index (χ0n) is 8.54. The fourth-order valence-corrected chi connectivity index (χ4v) is 3.31. The summed E-state index contributed by atoms with van der Waals surface area (Å²) >= 11 is 0.940. The van der Waals surface area contributed by atoms with Gasteiger partial charge in [0.15, 0.2) is 0 Å². The lowest BCUT2D eigenvalue weighted by Crippen LogP contribution is -2.22. The van der Waals surface area contributed by atoms with Crippen LogP contribution in [0.2, 0.25) is 0 Å². The van der Waals surface area contributed by atoms with Gasteiger partial charge in [0.2, 0.25) is 10.0 Å². The van der Waals surface area contributed by atoms with Gasteiger partial charge in [-0.1, -0.05) is 0 Å². The Morgan fingerprint density at radius 2 is 2.29 bits per heavy atom. The Hall–Kier alpha value is -1.69. The zero-order chi connectivity index (χ0) is 12.3. The molecule has 0 spiro atoms. The van der Waals surface area contributed by atoms with Crippen molar-refractivity contribution in [2.75, 3.05) is 0 Å².